The van der Waals surface area contributed by atoms with Gasteiger partial charge in [-0.3, -0.25) is 4.90 Å². The molecule has 1 aromatic carbocycles. The lowest BCUT2D eigenvalue weighted by atomic mass is 9.74. The van der Waals surface area contributed by atoms with E-state index in [0.717, 1.165) is 63.0 Å². The molecule has 1 spiro atoms. The third kappa shape index (κ3) is 4.04. The first kappa shape index (κ1) is 23.4. The molecule has 34 heavy (non-hydrogen) atoms. The van der Waals surface area contributed by atoms with Crippen molar-refractivity contribution in [2.75, 3.05) is 44.2 Å². The Balaban J connectivity index is 1.28. The summed E-state index contributed by atoms with van der Waals surface area (Å²) in [5.41, 5.74) is 1.63. The molecule has 3 fully saturated rings. The van der Waals surface area contributed by atoms with Crippen LogP contribution in [0.5, 0.6) is 0 Å². The number of urea groups is 1. The second-order valence-electron chi connectivity index (χ2n) is 10.4. The Bertz CT molecular complexity index is 933. The molecule has 7 nitrogen and oxygen atoms in total. The molecule has 0 radical (unpaired) electrons. The molecular weight excluding hydrogens is 435 g/mol. The van der Waals surface area contributed by atoms with Gasteiger partial charge in [-0.05, 0) is 95.1 Å². The van der Waals surface area contributed by atoms with Crippen LogP contribution in [-0.2, 0) is 10.2 Å². The van der Waals surface area contributed by atoms with Gasteiger partial charge in [-0.25, -0.2) is 14.0 Å². The second kappa shape index (κ2) is 9.36. The van der Waals surface area contributed by atoms with Gasteiger partial charge in [0.15, 0.2) is 0 Å². The summed E-state index contributed by atoms with van der Waals surface area (Å²) in [6.45, 7) is 8.03. The van der Waals surface area contributed by atoms with Gasteiger partial charge >= 0.3 is 12.1 Å². The number of hydrogen-bond acceptors (Lipinski definition) is 4. The summed E-state index contributed by atoms with van der Waals surface area (Å²) in [5.74, 6) is 0.311. The molecule has 3 heterocycles. The molecule has 1 N–H and O–H groups in total. The zero-order valence-electron chi connectivity index (χ0n) is 20.4. The molecule has 1 aromatic rings. The Kier molecular flexibility index (Phi) is 6.44. The van der Waals surface area contributed by atoms with Crippen LogP contribution in [0.15, 0.2) is 18.2 Å². The number of benzene rings is 1. The van der Waals surface area contributed by atoms with E-state index in [0.29, 0.717) is 31.7 Å². The number of rotatable bonds is 3. The maximum absolute atomic E-state index is 14.3. The van der Waals surface area contributed by atoms with E-state index >= 15 is 0 Å². The Labute approximate surface area is 201 Å². The van der Waals surface area contributed by atoms with E-state index in [2.05, 4.69) is 10.2 Å². The van der Waals surface area contributed by atoms with Crippen LogP contribution in [0.1, 0.15) is 57.9 Å². The fraction of sp³-hybridized carbons (Fsp3) is 0.692. The number of likely N-dealkylation sites (tertiary alicyclic amines) is 2. The lowest BCUT2D eigenvalue weighted by Crippen LogP contribution is -2.50. The molecule has 0 aromatic heterocycles. The predicted molar refractivity (Wildman–Crippen MR) is 129 cm³/mol. The maximum atomic E-state index is 14.3. The largest absolute Gasteiger partial charge is 0.450 e. The molecular formula is C26H37FN4O3. The molecule has 2 saturated heterocycles. The summed E-state index contributed by atoms with van der Waals surface area (Å²) in [7, 11) is 0. The number of fused-ring (bicyclic) bond motifs is 3. The van der Waals surface area contributed by atoms with E-state index in [1.165, 1.54) is 12.5 Å². The van der Waals surface area contributed by atoms with Gasteiger partial charge in [0.05, 0.1) is 6.61 Å². The summed E-state index contributed by atoms with van der Waals surface area (Å²) in [4.78, 5) is 31.6. The number of carbonyl (C=O) groups excluding carboxylic acids is 2. The highest BCUT2D eigenvalue weighted by atomic mass is 19.1. The van der Waals surface area contributed by atoms with Crippen molar-refractivity contribution in [2.24, 2.45) is 5.92 Å². The Morgan fingerprint density at radius 2 is 1.97 bits per heavy atom. The van der Waals surface area contributed by atoms with Crippen LogP contribution < -0.4 is 10.2 Å². The smallest absolute Gasteiger partial charge is 0.410 e. The summed E-state index contributed by atoms with van der Waals surface area (Å²) in [6, 6.07) is 5.50. The van der Waals surface area contributed by atoms with E-state index in [1.54, 1.807) is 17.0 Å². The van der Waals surface area contributed by atoms with Crippen LogP contribution in [-0.4, -0.2) is 73.3 Å². The van der Waals surface area contributed by atoms with Gasteiger partial charge in [0.25, 0.3) is 0 Å². The molecule has 4 aliphatic rings. The monoisotopic (exact) mass is 472 g/mol. The van der Waals surface area contributed by atoms with E-state index in [9.17, 15) is 14.0 Å². The van der Waals surface area contributed by atoms with Crippen molar-refractivity contribution in [1.82, 2.24) is 15.1 Å². The van der Waals surface area contributed by atoms with Gasteiger partial charge in [0, 0.05) is 42.8 Å². The van der Waals surface area contributed by atoms with Crippen molar-refractivity contribution in [2.45, 2.75) is 69.9 Å². The highest BCUT2D eigenvalue weighted by Crippen LogP contribution is 2.49. The third-order valence-corrected chi connectivity index (χ3v) is 8.64. The zero-order chi connectivity index (χ0) is 23.9. The topological polar surface area (TPSA) is 65.1 Å². The molecule has 8 heteroatoms. The molecule has 3 amide bonds. The SMILES string of the molecule is CCNC(=O)N1CC2(CCN(C3CC4CCCN(C(=O)OCC)C4C3)CC2)c2cc(F)ccc21. The highest BCUT2D eigenvalue weighted by Gasteiger charge is 2.49. The lowest BCUT2D eigenvalue weighted by Gasteiger charge is -2.42. The predicted octanol–water partition coefficient (Wildman–Crippen LogP) is 4.11. The number of halogens is 1. The minimum absolute atomic E-state index is 0.103. The molecule has 1 aliphatic carbocycles. The van der Waals surface area contributed by atoms with Crippen LogP contribution in [0, 0.1) is 11.7 Å². The molecule has 3 unspecified atom stereocenters. The van der Waals surface area contributed by atoms with Crippen LogP contribution in [0.2, 0.25) is 0 Å². The number of nitrogens with one attached hydrogen (secondary N) is 1. The van der Waals surface area contributed by atoms with Gasteiger partial charge in [-0.15, -0.1) is 0 Å². The number of anilines is 1. The summed E-state index contributed by atoms with van der Waals surface area (Å²) < 4.78 is 19.6. The van der Waals surface area contributed by atoms with Gasteiger partial charge in [-0.2, -0.15) is 0 Å². The van der Waals surface area contributed by atoms with E-state index < -0.39 is 0 Å². The Morgan fingerprint density at radius 1 is 1.18 bits per heavy atom. The number of hydrogen-bond donors (Lipinski definition) is 1. The fourth-order valence-corrected chi connectivity index (χ4v) is 7.00. The summed E-state index contributed by atoms with van der Waals surface area (Å²) >= 11 is 0. The molecule has 5 rings (SSSR count). The normalized spacial score (nSPS) is 28.0. The molecule has 3 aliphatic heterocycles. The first-order valence-corrected chi connectivity index (χ1v) is 13.0. The first-order valence-electron chi connectivity index (χ1n) is 13.0. The van der Waals surface area contributed by atoms with Crippen LogP contribution >= 0.6 is 0 Å². The minimum Gasteiger partial charge on any atom is -0.450 e. The van der Waals surface area contributed by atoms with Crippen molar-refractivity contribution < 1.29 is 18.7 Å². The quantitative estimate of drug-likeness (QED) is 0.719. The Hall–Kier alpha value is -2.35. The van der Waals surface area contributed by atoms with E-state index in [-0.39, 0.29) is 29.4 Å². The number of amides is 3. The zero-order valence-corrected chi connectivity index (χ0v) is 20.4. The summed E-state index contributed by atoms with van der Waals surface area (Å²) in [6.07, 6.45) is 6.03. The molecule has 0 bridgehead atoms. The van der Waals surface area contributed by atoms with Crippen molar-refractivity contribution in [1.29, 1.82) is 0 Å². The van der Waals surface area contributed by atoms with Crippen molar-refractivity contribution in [3.05, 3.63) is 29.6 Å². The van der Waals surface area contributed by atoms with Gasteiger partial charge < -0.3 is 19.9 Å². The maximum Gasteiger partial charge on any atom is 0.410 e. The molecule has 3 atom stereocenters. The second-order valence-corrected chi connectivity index (χ2v) is 10.4. The lowest BCUT2D eigenvalue weighted by molar-refractivity contribution is 0.0634. The molecule has 186 valence electrons. The standard InChI is InChI=1S/C26H37FN4O3/c1-3-28-24(32)31-17-26(21-15-19(27)7-8-22(21)31)9-12-29(13-10-26)20-14-18-6-5-11-30(23(18)16-20)25(33)34-4-2/h7-8,15,18,20,23H,3-6,9-14,16-17H2,1-2H3,(H,28,32). The van der Waals surface area contributed by atoms with Crippen molar-refractivity contribution in [3.63, 3.8) is 0 Å². The summed E-state index contributed by atoms with van der Waals surface area (Å²) in [5, 5.41) is 2.91. The van der Waals surface area contributed by atoms with Crippen molar-refractivity contribution in [3.8, 4) is 0 Å². The third-order valence-electron chi connectivity index (χ3n) is 8.64. The minimum atomic E-state index is -0.239. The van der Waals surface area contributed by atoms with Crippen LogP contribution in [0.3, 0.4) is 0 Å². The van der Waals surface area contributed by atoms with E-state index in [1.807, 2.05) is 18.7 Å². The highest BCUT2D eigenvalue weighted by molar-refractivity contribution is 5.95. The van der Waals surface area contributed by atoms with Crippen LogP contribution in [0.4, 0.5) is 19.7 Å². The van der Waals surface area contributed by atoms with Gasteiger partial charge in [0.2, 0.25) is 0 Å². The van der Waals surface area contributed by atoms with Gasteiger partial charge in [-0.1, -0.05) is 0 Å². The molecule has 1 saturated carbocycles. The van der Waals surface area contributed by atoms with Crippen molar-refractivity contribution >= 4 is 17.8 Å². The average molecular weight is 473 g/mol. The fourth-order valence-electron chi connectivity index (χ4n) is 7.00. The average Bonchev–Trinajstić information content (AvgIpc) is 3.40. The number of ether oxygens (including phenoxy) is 1. The first-order chi connectivity index (χ1) is 16.5. The number of nitrogens with zero attached hydrogens (tertiary/aromatic N) is 3. The van der Waals surface area contributed by atoms with Crippen LogP contribution in [0.25, 0.3) is 0 Å². The number of piperidine rings is 2. The van der Waals surface area contributed by atoms with E-state index in [4.69, 9.17) is 4.74 Å². The number of carbonyl (C=O) groups is 2. The Morgan fingerprint density at radius 3 is 2.71 bits per heavy atom. The van der Waals surface area contributed by atoms with Gasteiger partial charge in [0.1, 0.15) is 5.82 Å².